The number of benzene rings is 2. The summed E-state index contributed by atoms with van der Waals surface area (Å²) in [5.74, 6) is 2.05. The maximum Gasteiger partial charge on any atom is 0.229 e. The van der Waals surface area contributed by atoms with Crippen LogP contribution in [-0.4, -0.2) is 43.4 Å². The highest BCUT2D eigenvalue weighted by Crippen LogP contribution is 2.29. The van der Waals surface area contributed by atoms with Gasteiger partial charge >= 0.3 is 0 Å². The molecule has 0 saturated carbocycles. The molecule has 0 bridgehead atoms. The molecule has 2 heterocycles. The molecule has 0 atom stereocenters. The molecule has 0 aliphatic carbocycles. The lowest BCUT2D eigenvalue weighted by atomic mass is 10.2. The Kier molecular flexibility index (Phi) is 5.76. The summed E-state index contributed by atoms with van der Waals surface area (Å²) in [6, 6.07) is 17.9. The molecule has 1 fully saturated rings. The van der Waals surface area contributed by atoms with Crippen LogP contribution in [0.15, 0.2) is 54.6 Å². The van der Waals surface area contributed by atoms with Crippen molar-refractivity contribution in [3.05, 3.63) is 60.3 Å². The maximum absolute atomic E-state index is 5.48. The fourth-order valence-electron chi connectivity index (χ4n) is 3.32. The van der Waals surface area contributed by atoms with Crippen LogP contribution in [0.3, 0.4) is 0 Å². The molecule has 0 spiro atoms. The monoisotopic (exact) mass is 391 g/mol. The van der Waals surface area contributed by atoms with Crippen molar-refractivity contribution in [2.75, 3.05) is 48.9 Å². The third kappa shape index (κ3) is 4.75. The van der Waals surface area contributed by atoms with Crippen LogP contribution in [0, 0.1) is 6.92 Å². The summed E-state index contributed by atoms with van der Waals surface area (Å²) in [7, 11) is 1.65. The first-order chi connectivity index (χ1) is 14.2. The SMILES string of the molecule is COc1cccc(Nc2nc(C)cc(Nc3ccccc3N3CCOCC3)n2)c1. The first-order valence-corrected chi connectivity index (χ1v) is 9.67. The van der Waals surface area contributed by atoms with Crippen LogP contribution < -0.4 is 20.3 Å². The number of hydrogen-bond donors (Lipinski definition) is 2. The van der Waals surface area contributed by atoms with E-state index in [1.165, 1.54) is 0 Å². The summed E-state index contributed by atoms with van der Waals surface area (Å²) >= 11 is 0. The minimum absolute atomic E-state index is 0.532. The second-order valence-electron chi connectivity index (χ2n) is 6.82. The summed E-state index contributed by atoms with van der Waals surface area (Å²) in [4.78, 5) is 11.5. The predicted octanol–water partition coefficient (Wildman–Crippen LogP) is 4.12. The molecular formula is C22H25N5O2. The number of morpholine rings is 1. The Bertz CT molecular complexity index is 973. The predicted molar refractivity (Wildman–Crippen MR) is 116 cm³/mol. The number of aryl methyl sites for hydroxylation is 1. The highest BCUT2D eigenvalue weighted by atomic mass is 16.5. The van der Waals surface area contributed by atoms with Crippen molar-refractivity contribution in [3.63, 3.8) is 0 Å². The lowest BCUT2D eigenvalue weighted by Gasteiger charge is -2.30. The Hall–Kier alpha value is -3.32. The van der Waals surface area contributed by atoms with E-state index in [0.717, 1.165) is 60.6 Å². The molecule has 7 nitrogen and oxygen atoms in total. The zero-order valence-corrected chi connectivity index (χ0v) is 16.7. The summed E-state index contributed by atoms with van der Waals surface area (Å²) in [6.07, 6.45) is 0. The van der Waals surface area contributed by atoms with E-state index < -0.39 is 0 Å². The average molecular weight is 391 g/mol. The second-order valence-corrected chi connectivity index (χ2v) is 6.82. The number of nitrogens with zero attached hydrogens (tertiary/aromatic N) is 3. The molecule has 0 unspecified atom stereocenters. The molecule has 0 radical (unpaired) electrons. The van der Waals surface area contributed by atoms with Crippen LogP contribution in [-0.2, 0) is 4.74 Å². The Morgan fingerprint density at radius 1 is 0.966 bits per heavy atom. The van der Waals surface area contributed by atoms with Crippen molar-refractivity contribution in [1.29, 1.82) is 0 Å². The number of nitrogens with one attached hydrogen (secondary N) is 2. The van der Waals surface area contributed by atoms with Gasteiger partial charge in [0.05, 0.1) is 31.7 Å². The van der Waals surface area contributed by atoms with E-state index in [1.54, 1.807) is 7.11 Å². The highest BCUT2D eigenvalue weighted by molar-refractivity contribution is 5.74. The molecule has 150 valence electrons. The number of rotatable bonds is 6. The van der Waals surface area contributed by atoms with Crippen LogP contribution in [0.25, 0.3) is 0 Å². The zero-order valence-electron chi connectivity index (χ0n) is 16.7. The number of methoxy groups -OCH3 is 1. The van der Waals surface area contributed by atoms with Crippen LogP contribution >= 0.6 is 0 Å². The Labute approximate surface area is 170 Å². The highest BCUT2D eigenvalue weighted by Gasteiger charge is 2.15. The molecule has 4 rings (SSSR count). The van der Waals surface area contributed by atoms with Crippen LogP contribution in [0.5, 0.6) is 5.75 Å². The second kappa shape index (κ2) is 8.79. The summed E-state index contributed by atoms with van der Waals surface area (Å²) in [6.45, 7) is 5.21. The van der Waals surface area contributed by atoms with Crippen molar-refractivity contribution in [2.45, 2.75) is 6.92 Å². The molecule has 29 heavy (non-hydrogen) atoms. The molecular weight excluding hydrogens is 366 g/mol. The molecule has 7 heteroatoms. The van der Waals surface area contributed by atoms with Gasteiger partial charge in [-0.2, -0.15) is 4.98 Å². The topological polar surface area (TPSA) is 71.5 Å². The van der Waals surface area contributed by atoms with E-state index >= 15 is 0 Å². The van der Waals surface area contributed by atoms with E-state index in [1.807, 2.05) is 43.3 Å². The van der Waals surface area contributed by atoms with Gasteiger partial charge in [-0.3, -0.25) is 0 Å². The fourth-order valence-corrected chi connectivity index (χ4v) is 3.32. The molecule has 1 aliphatic heterocycles. The van der Waals surface area contributed by atoms with Crippen LogP contribution in [0.4, 0.5) is 28.8 Å². The Morgan fingerprint density at radius 2 is 1.79 bits per heavy atom. The zero-order chi connectivity index (χ0) is 20.1. The summed E-state index contributed by atoms with van der Waals surface area (Å²) in [5.41, 5.74) is 3.90. The van der Waals surface area contributed by atoms with Gasteiger partial charge in [-0.05, 0) is 31.2 Å². The first kappa shape index (κ1) is 19.0. The standard InChI is InChI=1S/C22H25N5O2/c1-16-14-21(26-22(23-16)24-17-6-5-7-18(15-17)28-2)25-19-8-3-4-9-20(19)27-10-12-29-13-11-27/h3-9,14-15H,10-13H2,1-2H3,(H2,23,24,25,26). The molecule has 0 amide bonds. The van der Waals surface area contributed by atoms with Gasteiger partial charge in [0.2, 0.25) is 5.95 Å². The van der Waals surface area contributed by atoms with Gasteiger partial charge in [0.1, 0.15) is 11.6 Å². The van der Waals surface area contributed by atoms with E-state index in [0.29, 0.717) is 5.95 Å². The number of aromatic nitrogens is 2. The fraction of sp³-hybridized carbons (Fsp3) is 0.273. The quantitative estimate of drug-likeness (QED) is 0.655. The van der Waals surface area contributed by atoms with E-state index in [4.69, 9.17) is 9.47 Å². The minimum Gasteiger partial charge on any atom is -0.497 e. The summed E-state index contributed by atoms with van der Waals surface area (Å²) < 4.78 is 10.8. The van der Waals surface area contributed by atoms with Gasteiger partial charge in [0.15, 0.2) is 0 Å². The van der Waals surface area contributed by atoms with Gasteiger partial charge in [-0.1, -0.05) is 18.2 Å². The van der Waals surface area contributed by atoms with Crippen molar-refractivity contribution in [1.82, 2.24) is 9.97 Å². The normalized spacial score (nSPS) is 13.8. The average Bonchev–Trinajstić information content (AvgIpc) is 2.74. The third-order valence-corrected chi connectivity index (χ3v) is 4.70. The van der Waals surface area contributed by atoms with Gasteiger partial charge in [0.25, 0.3) is 0 Å². The molecule has 2 N–H and O–H groups in total. The Morgan fingerprint density at radius 3 is 2.62 bits per heavy atom. The number of para-hydroxylation sites is 2. The number of anilines is 5. The molecule has 1 saturated heterocycles. The van der Waals surface area contributed by atoms with Crippen molar-refractivity contribution < 1.29 is 9.47 Å². The molecule has 2 aromatic carbocycles. The number of ether oxygens (including phenoxy) is 2. The molecule has 1 aromatic heterocycles. The van der Waals surface area contributed by atoms with Gasteiger partial charge < -0.3 is 25.0 Å². The van der Waals surface area contributed by atoms with E-state index in [9.17, 15) is 0 Å². The first-order valence-electron chi connectivity index (χ1n) is 9.67. The van der Waals surface area contributed by atoms with Crippen LogP contribution in [0.1, 0.15) is 5.69 Å². The smallest absolute Gasteiger partial charge is 0.229 e. The summed E-state index contributed by atoms with van der Waals surface area (Å²) in [5, 5.41) is 6.72. The van der Waals surface area contributed by atoms with Gasteiger partial charge in [0, 0.05) is 36.6 Å². The largest absolute Gasteiger partial charge is 0.497 e. The lowest BCUT2D eigenvalue weighted by Crippen LogP contribution is -2.36. The van der Waals surface area contributed by atoms with Gasteiger partial charge in [-0.25, -0.2) is 4.98 Å². The van der Waals surface area contributed by atoms with E-state index in [2.05, 4.69) is 43.7 Å². The van der Waals surface area contributed by atoms with Crippen LogP contribution in [0.2, 0.25) is 0 Å². The lowest BCUT2D eigenvalue weighted by molar-refractivity contribution is 0.123. The molecule has 3 aromatic rings. The van der Waals surface area contributed by atoms with Crippen molar-refractivity contribution in [2.24, 2.45) is 0 Å². The van der Waals surface area contributed by atoms with Gasteiger partial charge in [-0.15, -0.1) is 0 Å². The molecule has 1 aliphatic rings. The Balaban J connectivity index is 1.57. The number of hydrogen-bond acceptors (Lipinski definition) is 7. The van der Waals surface area contributed by atoms with Crippen molar-refractivity contribution in [3.8, 4) is 5.75 Å². The van der Waals surface area contributed by atoms with E-state index in [-0.39, 0.29) is 0 Å². The third-order valence-electron chi connectivity index (χ3n) is 4.70. The minimum atomic E-state index is 0.532. The maximum atomic E-state index is 5.48. The van der Waals surface area contributed by atoms with Crippen molar-refractivity contribution >= 4 is 28.8 Å².